The van der Waals surface area contributed by atoms with Crippen LogP contribution < -0.4 is 5.56 Å². The molecule has 0 saturated carbocycles. The number of rotatable bonds is 4. The lowest BCUT2D eigenvalue weighted by molar-refractivity contribution is 0.706. The zero-order chi connectivity index (χ0) is 13.1. The number of nitrogens with zero attached hydrogens (tertiary/aromatic N) is 2. The Balaban J connectivity index is 2.48. The first-order valence-corrected chi connectivity index (χ1v) is 6.62. The van der Waals surface area contributed by atoms with Gasteiger partial charge in [-0.3, -0.25) is 9.20 Å². The summed E-state index contributed by atoms with van der Waals surface area (Å²) in [6.45, 7) is 6.11. The molecule has 2 aromatic rings. The molecule has 96 valence electrons. The number of aromatic nitrogens is 2. The summed E-state index contributed by atoms with van der Waals surface area (Å²) in [5.41, 5.74) is 3.71. The number of hydrogen-bond acceptors (Lipinski definition) is 2. The van der Waals surface area contributed by atoms with Crippen LogP contribution in [0.4, 0.5) is 0 Å². The molecular weight excluding hydrogens is 224 g/mol. The Labute approximate surface area is 107 Å². The molecule has 0 fully saturated rings. The van der Waals surface area contributed by atoms with Crippen LogP contribution in [-0.2, 0) is 6.42 Å². The van der Waals surface area contributed by atoms with Crippen molar-refractivity contribution in [2.75, 3.05) is 0 Å². The zero-order valence-electron chi connectivity index (χ0n) is 11.4. The molecular formula is C15H20N2O. The fourth-order valence-corrected chi connectivity index (χ4v) is 2.23. The van der Waals surface area contributed by atoms with Crippen LogP contribution in [0.1, 0.15) is 43.0 Å². The van der Waals surface area contributed by atoms with Crippen LogP contribution in [0.5, 0.6) is 0 Å². The summed E-state index contributed by atoms with van der Waals surface area (Å²) >= 11 is 0. The van der Waals surface area contributed by atoms with Crippen molar-refractivity contribution < 1.29 is 0 Å². The number of hydrogen-bond donors (Lipinski definition) is 0. The zero-order valence-corrected chi connectivity index (χ0v) is 11.4. The van der Waals surface area contributed by atoms with Gasteiger partial charge in [-0.2, -0.15) is 0 Å². The SMILES string of the molecule is CCCCCc1c(C)nc2cc(C)ccn2c1=O. The van der Waals surface area contributed by atoms with Gasteiger partial charge in [-0.1, -0.05) is 19.8 Å². The Kier molecular flexibility index (Phi) is 3.80. The van der Waals surface area contributed by atoms with Gasteiger partial charge in [0.15, 0.2) is 0 Å². The molecule has 0 N–H and O–H groups in total. The summed E-state index contributed by atoms with van der Waals surface area (Å²) in [6, 6.07) is 3.89. The molecule has 3 heteroatoms. The van der Waals surface area contributed by atoms with E-state index in [9.17, 15) is 4.79 Å². The van der Waals surface area contributed by atoms with Crippen molar-refractivity contribution in [1.29, 1.82) is 0 Å². The van der Waals surface area contributed by atoms with Crippen LogP contribution in [0, 0.1) is 13.8 Å². The van der Waals surface area contributed by atoms with Gasteiger partial charge in [-0.05, 0) is 44.4 Å². The third-order valence-corrected chi connectivity index (χ3v) is 3.32. The molecule has 0 amide bonds. The Morgan fingerprint density at radius 1 is 1.28 bits per heavy atom. The summed E-state index contributed by atoms with van der Waals surface area (Å²) < 4.78 is 1.65. The van der Waals surface area contributed by atoms with E-state index in [0.717, 1.165) is 41.7 Å². The highest BCUT2D eigenvalue weighted by molar-refractivity contribution is 5.43. The maximum absolute atomic E-state index is 12.4. The lowest BCUT2D eigenvalue weighted by atomic mass is 10.1. The predicted molar refractivity (Wildman–Crippen MR) is 74.2 cm³/mol. The lowest BCUT2D eigenvalue weighted by Crippen LogP contribution is -2.21. The van der Waals surface area contributed by atoms with Gasteiger partial charge in [0.1, 0.15) is 5.65 Å². The predicted octanol–water partition coefficient (Wildman–Crippen LogP) is 3.04. The molecule has 2 rings (SSSR count). The largest absolute Gasteiger partial charge is 0.269 e. The van der Waals surface area contributed by atoms with Gasteiger partial charge in [0.05, 0.1) is 0 Å². The minimum absolute atomic E-state index is 0.0913. The molecule has 0 spiro atoms. The second kappa shape index (κ2) is 5.34. The molecule has 2 heterocycles. The molecule has 0 aliphatic rings. The maximum Gasteiger partial charge on any atom is 0.261 e. The first-order valence-electron chi connectivity index (χ1n) is 6.62. The second-order valence-corrected chi connectivity index (χ2v) is 4.87. The first-order chi connectivity index (χ1) is 8.63. The Morgan fingerprint density at radius 3 is 2.78 bits per heavy atom. The minimum Gasteiger partial charge on any atom is -0.269 e. The standard InChI is InChI=1S/C15H20N2O/c1-4-5-6-7-13-12(3)16-14-10-11(2)8-9-17(14)15(13)18/h8-10H,4-7H2,1-3H3. The molecule has 0 atom stereocenters. The van der Waals surface area contributed by atoms with Crippen molar-refractivity contribution in [3.8, 4) is 0 Å². The Bertz CT molecular complexity index is 614. The fraction of sp³-hybridized carbons (Fsp3) is 0.467. The van der Waals surface area contributed by atoms with Crippen LogP contribution in [0.3, 0.4) is 0 Å². The number of aryl methyl sites for hydroxylation is 2. The number of unbranched alkanes of at least 4 members (excludes halogenated alkanes) is 2. The summed E-state index contributed by atoms with van der Waals surface area (Å²) in [5, 5.41) is 0. The van der Waals surface area contributed by atoms with E-state index in [4.69, 9.17) is 0 Å². The third-order valence-electron chi connectivity index (χ3n) is 3.32. The molecule has 0 radical (unpaired) electrons. The third kappa shape index (κ3) is 2.45. The smallest absolute Gasteiger partial charge is 0.261 e. The van der Waals surface area contributed by atoms with Crippen molar-refractivity contribution in [2.24, 2.45) is 0 Å². The van der Waals surface area contributed by atoms with Crippen molar-refractivity contribution in [2.45, 2.75) is 46.5 Å². The van der Waals surface area contributed by atoms with Gasteiger partial charge >= 0.3 is 0 Å². The van der Waals surface area contributed by atoms with E-state index in [1.165, 1.54) is 6.42 Å². The summed E-state index contributed by atoms with van der Waals surface area (Å²) in [7, 11) is 0. The molecule has 2 aromatic heterocycles. The van der Waals surface area contributed by atoms with Crippen molar-refractivity contribution in [3.63, 3.8) is 0 Å². The topological polar surface area (TPSA) is 34.4 Å². The van der Waals surface area contributed by atoms with Gasteiger partial charge in [0.25, 0.3) is 5.56 Å². The molecule has 0 aliphatic heterocycles. The minimum atomic E-state index is 0.0913. The quantitative estimate of drug-likeness (QED) is 0.775. The average Bonchev–Trinajstić information content (AvgIpc) is 2.33. The van der Waals surface area contributed by atoms with E-state index in [2.05, 4.69) is 11.9 Å². The molecule has 0 unspecified atom stereocenters. The monoisotopic (exact) mass is 244 g/mol. The van der Waals surface area contributed by atoms with E-state index in [1.807, 2.05) is 32.2 Å². The molecule has 0 aromatic carbocycles. The highest BCUT2D eigenvalue weighted by Gasteiger charge is 2.09. The Hall–Kier alpha value is -1.64. The summed E-state index contributed by atoms with van der Waals surface area (Å²) in [5.74, 6) is 0. The van der Waals surface area contributed by atoms with E-state index < -0.39 is 0 Å². The van der Waals surface area contributed by atoms with Gasteiger partial charge in [0.2, 0.25) is 0 Å². The first kappa shape index (κ1) is 12.8. The van der Waals surface area contributed by atoms with Crippen LogP contribution in [0.2, 0.25) is 0 Å². The van der Waals surface area contributed by atoms with Crippen LogP contribution in [0.25, 0.3) is 5.65 Å². The summed E-state index contributed by atoms with van der Waals surface area (Å²) in [6.07, 6.45) is 6.05. The molecule has 0 saturated heterocycles. The van der Waals surface area contributed by atoms with Crippen molar-refractivity contribution in [1.82, 2.24) is 9.38 Å². The van der Waals surface area contributed by atoms with Crippen molar-refractivity contribution in [3.05, 3.63) is 45.5 Å². The van der Waals surface area contributed by atoms with Crippen LogP contribution >= 0.6 is 0 Å². The molecule has 18 heavy (non-hydrogen) atoms. The van der Waals surface area contributed by atoms with Gasteiger partial charge in [-0.15, -0.1) is 0 Å². The van der Waals surface area contributed by atoms with Gasteiger partial charge in [-0.25, -0.2) is 4.98 Å². The average molecular weight is 244 g/mol. The van der Waals surface area contributed by atoms with Gasteiger partial charge in [0, 0.05) is 17.5 Å². The molecule has 0 bridgehead atoms. The van der Waals surface area contributed by atoms with Crippen LogP contribution in [-0.4, -0.2) is 9.38 Å². The number of pyridine rings is 1. The Morgan fingerprint density at radius 2 is 2.06 bits per heavy atom. The second-order valence-electron chi connectivity index (χ2n) is 4.87. The highest BCUT2D eigenvalue weighted by Crippen LogP contribution is 2.09. The van der Waals surface area contributed by atoms with E-state index >= 15 is 0 Å². The number of fused-ring (bicyclic) bond motifs is 1. The van der Waals surface area contributed by atoms with E-state index in [0.29, 0.717) is 0 Å². The normalized spacial score (nSPS) is 11.1. The van der Waals surface area contributed by atoms with Gasteiger partial charge < -0.3 is 0 Å². The molecule has 0 aliphatic carbocycles. The van der Waals surface area contributed by atoms with E-state index in [1.54, 1.807) is 4.40 Å². The van der Waals surface area contributed by atoms with Crippen molar-refractivity contribution >= 4 is 5.65 Å². The molecule has 3 nitrogen and oxygen atoms in total. The summed E-state index contributed by atoms with van der Waals surface area (Å²) in [4.78, 5) is 16.9. The maximum atomic E-state index is 12.4. The fourth-order valence-electron chi connectivity index (χ4n) is 2.23. The van der Waals surface area contributed by atoms with E-state index in [-0.39, 0.29) is 5.56 Å². The highest BCUT2D eigenvalue weighted by atomic mass is 16.1. The van der Waals surface area contributed by atoms with Crippen LogP contribution in [0.15, 0.2) is 23.1 Å². The lowest BCUT2D eigenvalue weighted by Gasteiger charge is -2.08.